The highest BCUT2D eigenvalue weighted by atomic mass is 35.5. The molecule has 1 N–H and O–H groups in total. The quantitative estimate of drug-likeness (QED) is 0.820. The van der Waals surface area contributed by atoms with E-state index in [9.17, 15) is 0 Å². The smallest absolute Gasteiger partial charge is 0.0478 e. The van der Waals surface area contributed by atoms with Gasteiger partial charge in [0, 0.05) is 17.6 Å². The molecule has 0 amide bonds. The maximum absolute atomic E-state index is 6.07. The van der Waals surface area contributed by atoms with Gasteiger partial charge in [0.05, 0.1) is 0 Å². The normalized spacial score (nSPS) is 12.2. The SMILES string of the molecule is CC(=Cc1ccccc1Cl)CNC(C)C. The van der Waals surface area contributed by atoms with Crippen molar-refractivity contribution in [3.8, 4) is 0 Å². The zero-order chi connectivity index (χ0) is 11.3. The summed E-state index contributed by atoms with van der Waals surface area (Å²) >= 11 is 6.07. The van der Waals surface area contributed by atoms with Crippen molar-refractivity contribution >= 4 is 17.7 Å². The molecule has 0 fully saturated rings. The van der Waals surface area contributed by atoms with Crippen LogP contribution in [0.2, 0.25) is 5.02 Å². The van der Waals surface area contributed by atoms with Crippen LogP contribution in [0, 0.1) is 0 Å². The van der Waals surface area contributed by atoms with Gasteiger partial charge in [0.15, 0.2) is 0 Å². The minimum absolute atomic E-state index is 0.514. The molecule has 0 saturated heterocycles. The molecule has 1 rings (SSSR count). The van der Waals surface area contributed by atoms with Crippen LogP contribution in [0.3, 0.4) is 0 Å². The fourth-order valence-electron chi connectivity index (χ4n) is 1.27. The van der Waals surface area contributed by atoms with Crippen LogP contribution in [0.4, 0.5) is 0 Å². The Morgan fingerprint density at radius 1 is 1.40 bits per heavy atom. The van der Waals surface area contributed by atoms with Crippen LogP contribution in [-0.4, -0.2) is 12.6 Å². The van der Waals surface area contributed by atoms with E-state index in [1.165, 1.54) is 5.57 Å². The zero-order valence-electron chi connectivity index (χ0n) is 9.55. The van der Waals surface area contributed by atoms with E-state index in [0.29, 0.717) is 6.04 Å². The van der Waals surface area contributed by atoms with Crippen LogP contribution in [0.15, 0.2) is 29.8 Å². The van der Waals surface area contributed by atoms with E-state index in [4.69, 9.17) is 11.6 Å². The Kier molecular flexibility index (Phi) is 4.86. The molecular weight excluding hydrogens is 206 g/mol. The van der Waals surface area contributed by atoms with Crippen molar-refractivity contribution in [2.24, 2.45) is 0 Å². The molecule has 0 aliphatic carbocycles. The molecule has 1 aromatic carbocycles. The van der Waals surface area contributed by atoms with Crippen LogP contribution in [0.25, 0.3) is 6.08 Å². The molecule has 0 spiro atoms. The van der Waals surface area contributed by atoms with Crippen LogP contribution in [0.5, 0.6) is 0 Å². The Morgan fingerprint density at radius 3 is 2.67 bits per heavy atom. The fourth-order valence-corrected chi connectivity index (χ4v) is 1.46. The van der Waals surface area contributed by atoms with Crippen molar-refractivity contribution in [3.05, 3.63) is 40.4 Å². The molecule has 0 bridgehead atoms. The van der Waals surface area contributed by atoms with Crippen molar-refractivity contribution in [1.29, 1.82) is 0 Å². The molecule has 0 atom stereocenters. The number of hydrogen-bond acceptors (Lipinski definition) is 1. The van der Waals surface area contributed by atoms with Crippen molar-refractivity contribution < 1.29 is 0 Å². The molecule has 0 aliphatic heterocycles. The van der Waals surface area contributed by atoms with E-state index in [2.05, 4.69) is 32.2 Å². The summed E-state index contributed by atoms with van der Waals surface area (Å²) in [6, 6.07) is 8.40. The minimum atomic E-state index is 0.514. The second kappa shape index (κ2) is 5.94. The average molecular weight is 224 g/mol. The number of hydrogen-bond donors (Lipinski definition) is 1. The first-order valence-electron chi connectivity index (χ1n) is 5.24. The molecule has 0 heterocycles. The second-order valence-electron chi connectivity index (χ2n) is 4.05. The maximum atomic E-state index is 6.07. The molecule has 0 aliphatic rings. The lowest BCUT2D eigenvalue weighted by Crippen LogP contribution is -2.24. The molecule has 0 saturated carbocycles. The predicted octanol–water partition coefficient (Wildman–Crippen LogP) is 3.74. The number of halogens is 1. The fraction of sp³-hybridized carbons (Fsp3) is 0.385. The van der Waals surface area contributed by atoms with E-state index in [-0.39, 0.29) is 0 Å². The van der Waals surface area contributed by atoms with Gasteiger partial charge in [-0.2, -0.15) is 0 Å². The summed E-state index contributed by atoms with van der Waals surface area (Å²) in [4.78, 5) is 0. The van der Waals surface area contributed by atoms with E-state index in [1.54, 1.807) is 0 Å². The molecule has 15 heavy (non-hydrogen) atoms. The highest BCUT2D eigenvalue weighted by Crippen LogP contribution is 2.17. The van der Waals surface area contributed by atoms with Gasteiger partial charge in [-0.3, -0.25) is 0 Å². The Hall–Kier alpha value is -0.790. The third kappa shape index (κ3) is 4.50. The summed E-state index contributed by atoms with van der Waals surface area (Å²) in [5.41, 5.74) is 2.37. The van der Waals surface area contributed by atoms with Crippen molar-refractivity contribution in [2.75, 3.05) is 6.54 Å². The van der Waals surface area contributed by atoms with Crippen molar-refractivity contribution in [2.45, 2.75) is 26.8 Å². The van der Waals surface area contributed by atoms with Gasteiger partial charge in [-0.25, -0.2) is 0 Å². The van der Waals surface area contributed by atoms with Gasteiger partial charge in [-0.05, 0) is 18.6 Å². The van der Waals surface area contributed by atoms with Gasteiger partial charge in [-0.15, -0.1) is 0 Å². The maximum Gasteiger partial charge on any atom is 0.0478 e. The lowest BCUT2D eigenvalue weighted by atomic mass is 10.1. The van der Waals surface area contributed by atoms with Gasteiger partial charge in [0.2, 0.25) is 0 Å². The molecule has 0 unspecified atom stereocenters. The Morgan fingerprint density at radius 2 is 2.07 bits per heavy atom. The summed E-state index contributed by atoms with van der Waals surface area (Å²) in [6.45, 7) is 7.30. The van der Waals surface area contributed by atoms with Crippen LogP contribution >= 0.6 is 11.6 Å². The topological polar surface area (TPSA) is 12.0 Å². The third-order valence-corrected chi connectivity index (χ3v) is 2.44. The predicted molar refractivity (Wildman–Crippen MR) is 68.2 cm³/mol. The Bertz CT molecular complexity index is 342. The van der Waals surface area contributed by atoms with Crippen molar-refractivity contribution in [1.82, 2.24) is 5.32 Å². The van der Waals surface area contributed by atoms with E-state index >= 15 is 0 Å². The van der Waals surface area contributed by atoms with Gasteiger partial charge in [-0.1, -0.05) is 55.3 Å². The molecule has 1 aromatic rings. The highest BCUT2D eigenvalue weighted by Gasteiger charge is 1.97. The standard InChI is InChI=1S/C13H18ClN/c1-10(2)15-9-11(3)8-12-6-4-5-7-13(12)14/h4-8,10,15H,9H2,1-3H3. The summed E-state index contributed by atoms with van der Waals surface area (Å²) < 4.78 is 0. The van der Waals surface area contributed by atoms with Gasteiger partial charge < -0.3 is 5.32 Å². The first-order chi connectivity index (χ1) is 7.09. The van der Waals surface area contributed by atoms with Crippen LogP contribution in [0.1, 0.15) is 26.3 Å². The minimum Gasteiger partial charge on any atom is -0.311 e. The summed E-state index contributed by atoms with van der Waals surface area (Å²) in [5.74, 6) is 0. The first kappa shape index (κ1) is 12.3. The largest absolute Gasteiger partial charge is 0.311 e. The molecule has 82 valence electrons. The van der Waals surface area contributed by atoms with E-state index in [0.717, 1.165) is 17.1 Å². The van der Waals surface area contributed by atoms with Gasteiger partial charge in [0.1, 0.15) is 0 Å². The number of rotatable bonds is 4. The third-order valence-electron chi connectivity index (χ3n) is 2.10. The second-order valence-corrected chi connectivity index (χ2v) is 4.46. The Labute approximate surface area is 97.1 Å². The molecule has 0 aromatic heterocycles. The summed E-state index contributed by atoms with van der Waals surface area (Å²) in [6.07, 6.45) is 2.12. The van der Waals surface area contributed by atoms with Crippen LogP contribution in [-0.2, 0) is 0 Å². The monoisotopic (exact) mass is 223 g/mol. The molecular formula is C13H18ClN. The molecule has 0 radical (unpaired) electrons. The van der Waals surface area contributed by atoms with E-state index < -0.39 is 0 Å². The summed E-state index contributed by atoms with van der Waals surface area (Å²) in [5, 5.41) is 4.18. The van der Waals surface area contributed by atoms with Gasteiger partial charge >= 0.3 is 0 Å². The number of benzene rings is 1. The highest BCUT2D eigenvalue weighted by molar-refractivity contribution is 6.32. The Balaban J connectivity index is 2.66. The number of nitrogens with one attached hydrogen (secondary N) is 1. The molecule has 1 nitrogen and oxygen atoms in total. The van der Waals surface area contributed by atoms with Crippen LogP contribution < -0.4 is 5.32 Å². The average Bonchev–Trinajstić information content (AvgIpc) is 2.18. The first-order valence-corrected chi connectivity index (χ1v) is 5.62. The van der Waals surface area contributed by atoms with Crippen molar-refractivity contribution in [3.63, 3.8) is 0 Å². The van der Waals surface area contributed by atoms with E-state index in [1.807, 2.05) is 24.3 Å². The summed E-state index contributed by atoms with van der Waals surface area (Å²) in [7, 11) is 0. The molecule has 2 heteroatoms. The lowest BCUT2D eigenvalue weighted by Gasteiger charge is -2.08. The van der Waals surface area contributed by atoms with Gasteiger partial charge in [0.25, 0.3) is 0 Å². The zero-order valence-corrected chi connectivity index (χ0v) is 10.3. The lowest BCUT2D eigenvalue weighted by molar-refractivity contribution is 0.623.